The van der Waals surface area contributed by atoms with E-state index in [2.05, 4.69) is 70.2 Å². The molecular formula is C29H26N6. The van der Waals surface area contributed by atoms with E-state index < -0.39 is 0 Å². The fraction of sp³-hybridized carbons (Fsp3) is 0.103. The highest BCUT2D eigenvalue weighted by molar-refractivity contribution is 5.84. The SMILES string of the molecule is CCc1cc(/C=N/c2ccc(/N=C/c3ccc(-n4ccnc4)c(C)c3)cc2)ccc1-n1ccnc1. The average Bonchev–Trinajstić information content (AvgIpc) is 3.62. The maximum Gasteiger partial charge on any atom is 0.0991 e. The molecule has 35 heavy (non-hydrogen) atoms. The van der Waals surface area contributed by atoms with Crippen LogP contribution < -0.4 is 0 Å². The van der Waals surface area contributed by atoms with E-state index in [1.54, 1.807) is 18.7 Å². The average molecular weight is 459 g/mol. The molecule has 6 nitrogen and oxygen atoms in total. The number of hydrogen-bond donors (Lipinski definition) is 0. The Balaban J connectivity index is 1.26. The van der Waals surface area contributed by atoms with Gasteiger partial charge in [-0.25, -0.2) is 9.97 Å². The molecule has 0 aliphatic heterocycles. The summed E-state index contributed by atoms with van der Waals surface area (Å²) in [5.74, 6) is 0. The quantitative estimate of drug-likeness (QED) is 0.264. The number of rotatable bonds is 7. The summed E-state index contributed by atoms with van der Waals surface area (Å²) in [4.78, 5) is 17.5. The van der Waals surface area contributed by atoms with Crippen LogP contribution in [0.3, 0.4) is 0 Å². The fourth-order valence-corrected chi connectivity index (χ4v) is 4.00. The van der Waals surface area contributed by atoms with Gasteiger partial charge in [0.25, 0.3) is 0 Å². The van der Waals surface area contributed by atoms with Gasteiger partial charge in [-0.2, -0.15) is 0 Å². The van der Waals surface area contributed by atoms with E-state index in [1.165, 1.54) is 11.1 Å². The largest absolute Gasteiger partial charge is 0.306 e. The molecule has 0 fully saturated rings. The molecule has 0 saturated heterocycles. The number of benzene rings is 3. The molecule has 0 unspecified atom stereocenters. The minimum Gasteiger partial charge on any atom is -0.306 e. The topological polar surface area (TPSA) is 60.4 Å². The van der Waals surface area contributed by atoms with E-state index in [0.717, 1.165) is 40.3 Å². The minimum absolute atomic E-state index is 0.887. The third-order valence-electron chi connectivity index (χ3n) is 5.85. The molecule has 5 rings (SSSR count). The van der Waals surface area contributed by atoms with E-state index >= 15 is 0 Å². The predicted octanol–water partition coefficient (Wildman–Crippen LogP) is 6.43. The zero-order valence-corrected chi connectivity index (χ0v) is 19.8. The maximum absolute atomic E-state index is 4.65. The monoisotopic (exact) mass is 458 g/mol. The zero-order valence-electron chi connectivity index (χ0n) is 19.8. The molecule has 6 heteroatoms. The molecule has 0 aliphatic carbocycles. The predicted molar refractivity (Wildman–Crippen MR) is 142 cm³/mol. The molecule has 2 aromatic heterocycles. The third-order valence-corrected chi connectivity index (χ3v) is 5.85. The van der Waals surface area contributed by atoms with Gasteiger partial charge in [0.05, 0.1) is 24.0 Å². The molecule has 0 amide bonds. The first kappa shape index (κ1) is 22.2. The molecule has 172 valence electrons. The highest BCUT2D eigenvalue weighted by atomic mass is 15.0. The van der Waals surface area contributed by atoms with Gasteiger partial charge in [-0.3, -0.25) is 9.98 Å². The number of aliphatic imine (C=N–C) groups is 2. The van der Waals surface area contributed by atoms with Crippen LogP contribution in [-0.4, -0.2) is 31.5 Å². The Morgan fingerprint density at radius 2 is 1.26 bits per heavy atom. The molecule has 3 aromatic carbocycles. The lowest BCUT2D eigenvalue weighted by Crippen LogP contribution is -1.97. The molecule has 0 radical (unpaired) electrons. The normalized spacial score (nSPS) is 11.6. The van der Waals surface area contributed by atoms with Gasteiger partial charge in [0.1, 0.15) is 0 Å². The van der Waals surface area contributed by atoms with Gasteiger partial charge in [-0.05, 0) is 84.1 Å². The van der Waals surface area contributed by atoms with Crippen LogP contribution in [0.15, 0.2) is 108 Å². The molecular weight excluding hydrogens is 432 g/mol. The third kappa shape index (κ3) is 5.17. The van der Waals surface area contributed by atoms with Crippen LogP contribution >= 0.6 is 0 Å². The van der Waals surface area contributed by atoms with Crippen molar-refractivity contribution in [3.05, 3.63) is 120 Å². The summed E-state index contributed by atoms with van der Waals surface area (Å²) in [6.45, 7) is 4.25. The van der Waals surface area contributed by atoms with Crippen molar-refractivity contribution < 1.29 is 0 Å². The van der Waals surface area contributed by atoms with Crippen LogP contribution in [0, 0.1) is 6.92 Å². The molecule has 0 spiro atoms. The van der Waals surface area contributed by atoms with Crippen molar-refractivity contribution >= 4 is 23.8 Å². The van der Waals surface area contributed by atoms with Gasteiger partial charge in [-0.1, -0.05) is 19.1 Å². The maximum atomic E-state index is 4.65. The lowest BCUT2D eigenvalue weighted by atomic mass is 10.1. The Bertz CT molecular complexity index is 1460. The van der Waals surface area contributed by atoms with Crippen LogP contribution in [-0.2, 0) is 6.42 Å². The highest BCUT2D eigenvalue weighted by Crippen LogP contribution is 2.21. The Kier molecular flexibility index (Phi) is 6.44. The highest BCUT2D eigenvalue weighted by Gasteiger charge is 2.04. The molecule has 5 aromatic rings. The summed E-state index contributed by atoms with van der Waals surface area (Å²) in [7, 11) is 0. The Hall–Kier alpha value is -4.58. The first-order valence-corrected chi connectivity index (χ1v) is 11.6. The van der Waals surface area contributed by atoms with Crippen molar-refractivity contribution in [2.75, 3.05) is 0 Å². The van der Waals surface area contributed by atoms with Crippen molar-refractivity contribution in [3.8, 4) is 11.4 Å². The second-order valence-corrected chi connectivity index (χ2v) is 8.26. The van der Waals surface area contributed by atoms with Crippen LogP contribution in [0.2, 0.25) is 0 Å². The lowest BCUT2D eigenvalue weighted by molar-refractivity contribution is 1.00. The summed E-state index contributed by atoms with van der Waals surface area (Å²) in [6, 6.07) is 20.6. The van der Waals surface area contributed by atoms with Crippen molar-refractivity contribution in [2.45, 2.75) is 20.3 Å². The van der Waals surface area contributed by atoms with E-state index in [4.69, 9.17) is 0 Å². The molecule has 0 N–H and O–H groups in total. The van der Waals surface area contributed by atoms with Crippen molar-refractivity contribution in [1.29, 1.82) is 0 Å². The van der Waals surface area contributed by atoms with Crippen LogP contribution in [0.5, 0.6) is 0 Å². The van der Waals surface area contributed by atoms with Gasteiger partial charge in [0.15, 0.2) is 0 Å². The van der Waals surface area contributed by atoms with Crippen LogP contribution in [0.1, 0.15) is 29.2 Å². The first-order valence-electron chi connectivity index (χ1n) is 11.6. The first-order chi connectivity index (χ1) is 17.2. The van der Waals surface area contributed by atoms with E-state index in [9.17, 15) is 0 Å². The smallest absolute Gasteiger partial charge is 0.0991 e. The number of aryl methyl sites for hydroxylation is 2. The van der Waals surface area contributed by atoms with Crippen molar-refractivity contribution in [2.24, 2.45) is 9.98 Å². The van der Waals surface area contributed by atoms with Gasteiger partial charge in [-0.15, -0.1) is 0 Å². The van der Waals surface area contributed by atoms with Gasteiger partial charge >= 0.3 is 0 Å². The van der Waals surface area contributed by atoms with E-state index in [1.807, 2.05) is 64.5 Å². The van der Waals surface area contributed by atoms with Gasteiger partial charge < -0.3 is 9.13 Å². The van der Waals surface area contributed by atoms with Crippen LogP contribution in [0.4, 0.5) is 11.4 Å². The second-order valence-electron chi connectivity index (χ2n) is 8.26. The van der Waals surface area contributed by atoms with Crippen LogP contribution in [0.25, 0.3) is 11.4 Å². The molecule has 0 saturated carbocycles. The summed E-state index contributed by atoms with van der Waals surface area (Å²) in [5.41, 5.74) is 8.59. The van der Waals surface area contributed by atoms with Crippen molar-refractivity contribution in [3.63, 3.8) is 0 Å². The molecule has 2 heterocycles. The Morgan fingerprint density at radius 1 is 0.714 bits per heavy atom. The Morgan fingerprint density at radius 3 is 1.77 bits per heavy atom. The van der Waals surface area contributed by atoms with E-state index in [0.29, 0.717) is 0 Å². The number of imidazole rings is 2. The summed E-state index contributed by atoms with van der Waals surface area (Å²) >= 11 is 0. The van der Waals surface area contributed by atoms with Crippen molar-refractivity contribution in [1.82, 2.24) is 19.1 Å². The van der Waals surface area contributed by atoms with Gasteiger partial charge in [0, 0.05) is 48.6 Å². The zero-order chi connectivity index (χ0) is 24.0. The summed E-state index contributed by atoms with van der Waals surface area (Å²) < 4.78 is 4.04. The minimum atomic E-state index is 0.887. The lowest BCUT2D eigenvalue weighted by Gasteiger charge is -2.09. The number of nitrogens with zero attached hydrogens (tertiary/aromatic N) is 6. The summed E-state index contributed by atoms with van der Waals surface area (Å²) in [6.07, 6.45) is 15.8. The number of hydrogen-bond acceptors (Lipinski definition) is 4. The molecule has 0 aliphatic rings. The van der Waals surface area contributed by atoms with E-state index in [-0.39, 0.29) is 0 Å². The Labute approximate surface area is 205 Å². The number of aromatic nitrogens is 4. The fourth-order valence-electron chi connectivity index (χ4n) is 4.00. The second kappa shape index (κ2) is 10.1. The molecule has 0 atom stereocenters. The van der Waals surface area contributed by atoms with Gasteiger partial charge in [0.2, 0.25) is 0 Å². The summed E-state index contributed by atoms with van der Waals surface area (Å²) in [5, 5.41) is 0. The molecule has 0 bridgehead atoms. The standard InChI is InChI=1S/C29H26N6/c1-3-25-17-24(5-11-29(25)35-15-13-31-21-35)19-33-27-8-6-26(7-9-27)32-18-23-4-10-28(22(2)16-23)34-14-12-30-20-34/h4-21H,3H2,1-2H3/b32-18+,33-19+.